The fourth-order valence-corrected chi connectivity index (χ4v) is 1.03. The fraction of sp³-hybridized carbons (Fsp3) is 0.125. The SMILES string of the molecule is COC(=O)c1ncc2cc[nH]c2n1. The molecule has 0 aliphatic heterocycles. The Morgan fingerprint density at radius 1 is 1.62 bits per heavy atom. The largest absolute Gasteiger partial charge is 0.463 e. The van der Waals surface area contributed by atoms with Gasteiger partial charge in [-0.25, -0.2) is 14.8 Å². The number of aromatic nitrogens is 3. The Bertz CT molecular complexity index is 449. The molecule has 0 spiro atoms. The van der Waals surface area contributed by atoms with Gasteiger partial charge in [0.15, 0.2) is 0 Å². The molecule has 0 radical (unpaired) electrons. The molecule has 13 heavy (non-hydrogen) atoms. The summed E-state index contributed by atoms with van der Waals surface area (Å²) in [7, 11) is 1.30. The van der Waals surface area contributed by atoms with Gasteiger partial charge in [-0.1, -0.05) is 0 Å². The van der Waals surface area contributed by atoms with Crippen molar-refractivity contribution in [2.24, 2.45) is 0 Å². The average Bonchev–Trinajstić information content (AvgIpc) is 2.63. The van der Waals surface area contributed by atoms with Crippen molar-refractivity contribution in [1.82, 2.24) is 15.0 Å². The lowest BCUT2D eigenvalue weighted by molar-refractivity contribution is 0.0587. The summed E-state index contributed by atoms with van der Waals surface area (Å²) in [5.41, 5.74) is 0.635. The zero-order valence-corrected chi connectivity index (χ0v) is 6.94. The van der Waals surface area contributed by atoms with Crippen LogP contribution in [-0.2, 0) is 4.74 Å². The van der Waals surface area contributed by atoms with Gasteiger partial charge in [0.05, 0.1) is 7.11 Å². The van der Waals surface area contributed by atoms with Gasteiger partial charge in [-0.15, -0.1) is 0 Å². The van der Waals surface area contributed by atoms with Crippen LogP contribution in [-0.4, -0.2) is 28.0 Å². The highest BCUT2D eigenvalue weighted by Crippen LogP contribution is 2.07. The first-order valence-corrected chi connectivity index (χ1v) is 3.69. The first kappa shape index (κ1) is 7.72. The lowest BCUT2D eigenvalue weighted by Crippen LogP contribution is -2.06. The van der Waals surface area contributed by atoms with E-state index in [4.69, 9.17) is 0 Å². The highest BCUT2D eigenvalue weighted by molar-refractivity contribution is 5.87. The normalized spacial score (nSPS) is 10.2. The van der Waals surface area contributed by atoms with Gasteiger partial charge in [0, 0.05) is 17.8 Å². The number of fused-ring (bicyclic) bond motifs is 1. The van der Waals surface area contributed by atoms with Crippen molar-refractivity contribution in [3.05, 3.63) is 24.3 Å². The van der Waals surface area contributed by atoms with Crippen molar-refractivity contribution in [1.29, 1.82) is 0 Å². The van der Waals surface area contributed by atoms with Crippen LogP contribution >= 0.6 is 0 Å². The van der Waals surface area contributed by atoms with Crippen LogP contribution in [0.5, 0.6) is 0 Å². The minimum absolute atomic E-state index is 0.0671. The van der Waals surface area contributed by atoms with Gasteiger partial charge >= 0.3 is 5.97 Å². The molecule has 0 aliphatic rings. The van der Waals surface area contributed by atoms with Gasteiger partial charge < -0.3 is 9.72 Å². The Hall–Kier alpha value is -1.91. The second-order valence-corrected chi connectivity index (χ2v) is 2.47. The zero-order chi connectivity index (χ0) is 9.26. The molecule has 0 bridgehead atoms. The van der Waals surface area contributed by atoms with Gasteiger partial charge in [-0.05, 0) is 6.07 Å². The molecular weight excluding hydrogens is 170 g/mol. The third-order valence-corrected chi connectivity index (χ3v) is 1.67. The molecule has 1 N–H and O–H groups in total. The second kappa shape index (κ2) is 2.85. The topological polar surface area (TPSA) is 67.9 Å². The molecule has 0 fully saturated rings. The van der Waals surface area contributed by atoms with E-state index in [2.05, 4.69) is 19.7 Å². The highest BCUT2D eigenvalue weighted by atomic mass is 16.5. The number of H-pyrrole nitrogens is 1. The van der Waals surface area contributed by atoms with Gasteiger partial charge in [0.2, 0.25) is 5.82 Å². The summed E-state index contributed by atoms with van der Waals surface area (Å²) in [6, 6.07) is 1.83. The molecule has 0 aromatic carbocycles. The van der Waals surface area contributed by atoms with Crippen LogP contribution in [0.1, 0.15) is 10.6 Å². The lowest BCUT2D eigenvalue weighted by atomic mass is 10.4. The maximum atomic E-state index is 11.0. The number of aromatic amines is 1. The summed E-state index contributed by atoms with van der Waals surface area (Å²) >= 11 is 0. The molecule has 0 atom stereocenters. The maximum absolute atomic E-state index is 11.0. The molecule has 2 heterocycles. The molecule has 2 aromatic rings. The minimum Gasteiger partial charge on any atom is -0.463 e. The first-order valence-electron chi connectivity index (χ1n) is 3.69. The van der Waals surface area contributed by atoms with Crippen molar-refractivity contribution in [2.75, 3.05) is 7.11 Å². The molecule has 5 heteroatoms. The van der Waals surface area contributed by atoms with E-state index in [1.54, 1.807) is 12.4 Å². The van der Waals surface area contributed by atoms with Crippen molar-refractivity contribution in [3.63, 3.8) is 0 Å². The summed E-state index contributed by atoms with van der Waals surface area (Å²) in [5.74, 6) is -0.464. The third kappa shape index (κ3) is 1.24. The Morgan fingerprint density at radius 3 is 3.23 bits per heavy atom. The number of hydrogen-bond acceptors (Lipinski definition) is 4. The molecular formula is C8H7N3O2. The Morgan fingerprint density at radius 2 is 2.46 bits per heavy atom. The second-order valence-electron chi connectivity index (χ2n) is 2.47. The summed E-state index contributed by atoms with van der Waals surface area (Å²) < 4.78 is 4.48. The van der Waals surface area contributed by atoms with Crippen LogP contribution < -0.4 is 0 Å². The number of carbonyl (C=O) groups is 1. The number of methoxy groups -OCH3 is 1. The Kier molecular flexibility index (Phi) is 1.70. The van der Waals surface area contributed by atoms with Crippen molar-refractivity contribution >= 4 is 17.0 Å². The van der Waals surface area contributed by atoms with Crippen molar-refractivity contribution in [2.45, 2.75) is 0 Å². The van der Waals surface area contributed by atoms with E-state index >= 15 is 0 Å². The van der Waals surface area contributed by atoms with Crippen LogP contribution in [0.15, 0.2) is 18.5 Å². The number of carbonyl (C=O) groups excluding carboxylic acids is 1. The number of hydrogen-bond donors (Lipinski definition) is 1. The molecule has 0 unspecified atom stereocenters. The van der Waals surface area contributed by atoms with Crippen LogP contribution in [0.4, 0.5) is 0 Å². The summed E-state index contributed by atoms with van der Waals surface area (Å²) in [5, 5.41) is 0.868. The molecule has 5 nitrogen and oxygen atoms in total. The van der Waals surface area contributed by atoms with Gasteiger partial charge in [-0.2, -0.15) is 0 Å². The quantitative estimate of drug-likeness (QED) is 0.652. The van der Waals surface area contributed by atoms with Gasteiger partial charge in [0.1, 0.15) is 5.65 Å². The summed E-state index contributed by atoms with van der Waals surface area (Å²) in [4.78, 5) is 21.7. The van der Waals surface area contributed by atoms with Crippen molar-refractivity contribution < 1.29 is 9.53 Å². The summed E-state index contributed by atoms with van der Waals surface area (Å²) in [6.45, 7) is 0. The van der Waals surface area contributed by atoms with Crippen molar-refractivity contribution in [3.8, 4) is 0 Å². The molecule has 0 saturated carbocycles. The molecule has 0 amide bonds. The average molecular weight is 177 g/mol. The minimum atomic E-state index is -0.531. The standard InChI is InChI=1S/C8H7N3O2/c1-13-8(12)7-10-4-5-2-3-9-6(5)11-7/h2-4H,1H3,(H,9,10,11). The Balaban J connectivity index is 2.54. The number of nitrogens with one attached hydrogen (secondary N) is 1. The third-order valence-electron chi connectivity index (χ3n) is 1.67. The van der Waals surface area contributed by atoms with E-state index in [1.807, 2.05) is 6.07 Å². The van der Waals surface area contributed by atoms with Crippen LogP contribution in [0.25, 0.3) is 11.0 Å². The molecule has 2 rings (SSSR count). The van der Waals surface area contributed by atoms with E-state index in [1.165, 1.54) is 7.11 Å². The number of ether oxygens (including phenoxy) is 1. The highest BCUT2D eigenvalue weighted by Gasteiger charge is 2.09. The van der Waals surface area contributed by atoms with Crippen LogP contribution in [0.3, 0.4) is 0 Å². The predicted molar refractivity (Wildman–Crippen MR) is 45.2 cm³/mol. The van der Waals surface area contributed by atoms with E-state index in [-0.39, 0.29) is 5.82 Å². The van der Waals surface area contributed by atoms with Crippen LogP contribution in [0, 0.1) is 0 Å². The fourth-order valence-electron chi connectivity index (χ4n) is 1.03. The van der Waals surface area contributed by atoms with E-state index in [0.717, 1.165) is 5.39 Å². The van der Waals surface area contributed by atoms with Gasteiger partial charge in [0.25, 0.3) is 0 Å². The lowest BCUT2D eigenvalue weighted by Gasteiger charge is -1.95. The summed E-state index contributed by atoms with van der Waals surface area (Å²) in [6.07, 6.45) is 3.31. The predicted octanol–water partition coefficient (Wildman–Crippen LogP) is 0.744. The van der Waals surface area contributed by atoms with E-state index in [9.17, 15) is 4.79 Å². The number of nitrogens with zero attached hydrogens (tertiary/aromatic N) is 2. The maximum Gasteiger partial charge on any atom is 0.376 e. The smallest absolute Gasteiger partial charge is 0.376 e. The monoisotopic (exact) mass is 177 g/mol. The first-order chi connectivity index (χ1) is 6.31. The van der Waals surface area contributed by atoms with Crippen LogP contribution in [0.2, 0.25) is 0 Å². The molecule has 66 valence electrons. The number of esters is 1. The number of rotatable bonds is 1. The molecule has 0 aliphatic carbocycles. The van der Waals surface area contributed by atoms with E-state index in [0.29, 0.717) is 5.65 Å². The van der Waals surface area contributed by atoms with E-state index < -0.39 is 5.97 Å². The molecule has 2 aromatic heterocycles. The molecule has 0 saturated heterocycles. The Labute approximate surface area is 73.8 Å². The zero-order valence-electron chi connectivity index (χ0n) is 6.94. The van der Waals surface area contributed by atoms with Gasteiger partial charge in [-0.3, -0.25) is 0 Å².